The fourth-order valence-electron chi connectivity index (χ4n) is 1.21. The summed E-state index contributed by atoms with van der Waals surface area (Å²) in [6, 6.07) is 0. The standard InChI is InChI=1S/C8H13N3O3S/c1-5-6(15(4,13)14)7(12)10-8(9-5)11(2)3/h1-4H3,(H,9,10,12). The highest BCUT2D eigenvalue weighted by Crippen LogP contribution is 2.09. The lowest BCUT2D eigenvalue weighted by Gasteiger charge is -2.12. The lowest BCUT2D eigenvalue weighted by Crippen LogP contribution is -2.24. The van der Waals surface area contributed by atoms with Crippen molar-refractivity contribution in [3.8, 4) is 0 Å². The third kappa shape index (κ3) is 2.35. The van der Waals surface area contributed by atoms with Gasteiger partial charge in [0.15, 0.2) is 14.7 Å². The van der Waals surface area contributed by atoms with Gasteiger partial charge in [-0.1, -0.05) is 0 Å². The average Bonchev–Trinajstić information content (AvgIpc) is 1.99. The van der Waals surface area contributed by atoms with E-state index in [0.717, 1.165) is 6.26 Å². The van der Waals surface area contributed by atoms with Crippen molar-refractivity contribution < 1.29 is 8.42 Å². The number of aryl methyl sites for hydroxylation is 1. The van der Waals surface area contributed by atoms with Gasteiger partial charge < -0.3 is 4.90 Å². The molecule has 0 unspecified atom stereocenters. The molecule has 0 radical (unpaired) electrons. The van der Waals surface area contributed by atoms with Crippen LogP contribution in [0.2, 0.25) is 0 Å². The van der Waals surface area contributed by atoms with Gasteiger partial charge in [0.1, 0.15) is 0 Å². The summed E-state index contributed by atoms with van der Waals surface area (Å²) in [5.41, 5.74) is -0.418. The molecule has 15 heavy (non-hydrogen) atoms. The molecule has 0 saturated carbocycles. The zero-order chi connectivity index (χ0) is 11.8. The normalized spacial score (nSPS) is 11.5. The fraction of sp³-hybridized carbons (Fsp3) is 0.500. The van der Waals surface area contributed by atoms with E-state index in [1.807, 2.05) is 0 Å². The van der Waals surface area contributed by atoms with Crippen LogP contribution < -0.4 is 10.5 Å². The zero-order valence-electron chi connectivity index (χ0n) is 9.03. The van der Waals surface area contributed by atoms with Crippen LogP contribution in [0.5, 0.6) is 0 Å². The number of aromatic nitrogens is 2. The number of aromatic amines is 1. The highest BCUT2D eigenvalue weighted by Gasteiger charge is 2.18. The van der Waals surface area contributed by atoms with Crippen LogP contribution in [0.1, 0.15) is 5.69 Å². The Morgan fingerprint density at radius 3 is 2.20 bits per heavy atom. The fourth-order valence-corrected chi connectivity index (χ4v) is 2.18. The third-order valence-electron chi connectivity index (χ3n) is 1.83. The van der Waals surface area contributed by atoms with Crippen molar-refractivity contribution in [2.75, 3.05) is 25.3 Å². The number of nitrogens with one attached hydrogen (secondary N) is 1. The molecule has 0 aromatic carbocycles. The summed E-state index contributed by atoms with van der Waals surface area (Å²) in [5, 5.41) is 0. The Balaban J connectivity index is 3.56. The molecule has 0 fully saturated rings. The van der Waals surface area contributed by atoms with E-state index >= 15 is 0 Å². The van der Waals surface area contributed by atoms with Crippen molar-refractivity contribution in [2.24, 2.45) is 0 Å². The molecule has 7 heteroatoms. The van der Waals surface area contributed by atoms with Gasteiger partial charge in [-0.25, -0.2) is 13.4 Å². The highest BCUT2D eigenvalue weighted by molar-refractivity contribution is 7.90. The summed E-state index contributed by atoms with van der Waals surface area (Å²) >= 11 is 0. The minimum absolute atomic E-state index is 0.213. The molecule has 0 aliphatic rings. The van der Waals surface area contributed by atoms with Crippen molar-refractivity contribution in [1.29, 1.82) is 0 Å². The van der Waals surface area contributed by atoms with Crippen LogP contribution in [0.3, 0.4) is 0 Å². The van der Waals surface area contributed by atoms with Crippen molar-refractivity contribution in [3.63, 3.8) is 0 Å². The van der Waals surface area contributed by atoms with Crippen LogP contribution in [0.4, 0.5) is 5.95 Å². The van der Waals surface area contributed by atoms with Crippen LogP contribution in [0.15, 0.2) is 9.69 Å². The summed E-state index contributed by atoms with van der Waals surface area (Å²) < 4.78 is 22.6. The van der Waals surface area contributed by atoms with Gasteiger partial charge in [-0.05, 0) is 6.92 Å². The van der Waals surface area contributed by atoms with E-state index in [0.29, 0.717) is 5.95 Å². The molecule has 0 aliphatic heterocycles. The van der Waals surface area contributed by atoms with E-state index in [2.05, 4.69) is 9.97 Å². The molecule has 1 aromatic heterocycles. The maximum atomic E-state index is 11.5. The zero-order valence-corrected chi connectivity index (χ0v) is 9.84. The first-order valence-electron chi connectivity index (χ1n) is 4.22. The Bertz CT molecular complexity index is 531. The Morgan fingerprint density at radius 2 is 1.87 bits per heavy atom. The van der Waals surface area contributed by atoms with Gasteiger partial charge in [-0.3, -0.25) is 9.78 Å². The maximum Gasteiger partial charge on any atom is 0.271 e. The Kier molecular flexibility index (Phi) is 2.85. The molecular weight excluding hydrogens is 218 g/mol. The van der Waals surface area contributed by atoms with Crippen molar-refractivity contribution in [2.45, 2.75) is 11.8 Å². The number of anilines is 1. The molecule has 0 aliphatic carbocycles. The predicted octanol–water partition coefficient (Wildman–Crippen LogP) is -0.452. The molecule has 0 bridgehead atoms. The Morgan fingerprint density at radius 1 is 1.33 bits per heavy atom. The van der Waals surface area contributed by atoms with Crippen LogP contribution in [0.25, 0.3) is 0 Å². The maximum absolute atomic E-state index is 11.5. The highest BCUT2D eigenvalue weighted by atomic mass is 32.2. The number of rotatable bonds is 2. The number of hydrogen-bond donors (Lipinski definition) is 1. The summed E-state index contributed by atoms with van der Waals surface area (Å²) in [4.78, 5) is 19.2. The van der Waals surface area contributed by atoms with Gasteiger partial charge in [0.2, 0.25) is 5.95 Å². The first kappa shape index (κ1) is 11.7. The van der Waals surface area contributed by atoms with Crippen LogP contribution >= 0.6 is 0 Å². The number of nitrogens with zero attached hydrogens (tertiary/aromatic N) is 2. The van der Waals surface area contributed by atoms with Crippen LogP contribution in [-0.2, 0) is 9.84 Å². The predicted molar refractivity (Wildman–Crippen MR) is 57.0 cm³/mol. The largest absolute Gasteiger partial charge is 0.348 e. The first-order chi connectivity index (χ1) is 6.73. The average molecular weight is 231 g/mol. The molecule has 0 spiro atoms. The Hall–Kier alpha value is -1.37. The SMILES string of the molecule is Cc1nc(N(C)C)[nH]c(=O)c1S(C)(=O)=O. The monoisotopic (exact) mass is 231 g/mol. The molecule has 1 N–H and O–H groups in total. The number of hydrogen-bond acceptors (Lipinski definition) is 5. The van der Waals surface area contributed by atoms with Gasteiger partial charge in [0, 0.05) is 20.4 Å². The smallest absolute Gasteiger partial charge is 0.271 e. The second kappa shape index (κ2) is 3.65. The van der Waals surface area contributed by atoms with E-state index in [1.165, 1.54) is 6.92 Å². The van der Waals surface area contributed by atoms with E-state index in [9.17, 15) is 13.2 Å². The second-order valence-corrected chi connectivity index (χ2v) is 5.42. The summed E-state index contributed by atoms with van der Waals surface area (Å²) in [5.74, 6) is 0.338. The molecule has 1 rings (SSSR count). The summed E-state index contributed by atoms with van der Waals surface area (Å²) in [7, 11) is -0.119. The van der Waals surface area contributed by atoms with Crippen molar-refractivity contribution in [3.05, 3.63) is 16.0 Å². The third-order valence-corrected chi connectivity index (χ3v) is 3.05. The second-order valence-electron chi connectivity index (χ2n) is 3.47. The lowest BCUT2D eigenvalue weighted by atomic mass is 10.4. The minimum atomic E-state index is -3.53. The summed E-state index contributed by atoms with van der Waals surface area (Å²) in [6.45, 7) is 1.50. The van der Waals surface area contributed by atoms with Crippen LogP contribution in [0, 0.1) is 6.92 Å². The van der Waals surface area contributed by atoms with Gasteiger partial charge in [-0.15, -0.1) is 0 Å². The minimum Gasteiger partial charge on any atom is -0.348 e. The summed E-state index contributed by atoms with van der Waals surface area (Å²) in [6.07, 6.45) is 0.988. The lowest BCUT2D eigenvalue weighted by molar-refractivity contribution is 0.599. The number of H-pyrrole nitrogens is 1. The molecule has 0 saturated heterocycles. The molecular formula is C8H13N3O3S. The first-order valence-corrected chi connectivity index (χ1v) is 6.11. The van der Waals surface area contributed by atoms with E-state index in [4.69, 9.17) is 0 Å². The van der Waals surface area contributed by atoms with Gasteiger partial charge in [0.25, 0.3) is 5.56 Å². The molecule has 84 valence electrons. The molecule has 0 amide bonds. The van der Waals surface area contributed by atoms with E-state index in [1.54, 1.807) is 19.0 Å². The van der Waals surface area contributed by atoms with E-state index < -0.39 is 15.4 Å². The van der Waals surface area contributed by atoms with Gasteiger partial charge in [-0.2, -0.15) is 0 Å². The molecule has 0 atom stereocenters. The molecule has 6 nitrogen and oxygen atoms in total. The molecule has 1 heterocycles. The number of sulfone groups is 1. The van der Waals surface area contributed by atoms with Crippen molar-refractivity contribution >= 4 is 15.8 Å². The topological polar surface area (TPSA) is 83.1 Å². The Labute approximate surface area is 87.9 Å². The van der Waals surface area contributed by atoms with Crippen molar-refractivity contribution in [1.82, 2.24) is 9.97 Å². The quantitative estimate of drug-likeness (QED) is 0.745. The van der Waals surface area contributed by atoms with E-state index in [-0.39, 0.29) is 10.6 Å². The van der Waals surface area contributed by atoms with Crippen LogP contribution in [-0.4, -0.2) is 38.7 Å². The van der Waals surface area contributed by atoms with Gasteiger partial charge >= 0.3 is 0 Å². The van der Waals surface area contributed by atoms with Gasteiger partial charge in [0.05, 0.1) is 5.69 Å². The molecule has 1 aromatic rings.